The number of halogens is 2. The Hall–Kier alpha value is -0.770. The lowest BCUT2D eigenvalue weighted by molar-refractivity contribution is -0.174. The molecule has 0 saturated heterocycles. The highest BCUT2D eigenvalue weighted by Crippen LogP contribution is 2.32. The Morgan fingerprint density at radius 2 is 2.00 bits per heavy atom. The maximum atomic E-state index is 9.80. The van der Waals surface area contributed by atoms with Crippen molar-refractivity contribution < 1.29 is 9.94 Å². The van der Waals surface area contributed by atoms with Gasteiger partial charge in [0, 0.05) is 0 Å². The number of alkyl halides is 2. The third-order valence-corrected chi connectivity index (χ3v) is 2.86. The van der Waals surface area contributed by atoms with Crippen molar-refractivity contribution in [2.75, 3.05) is 0 Å². The summed E-state index contributed by atoms with van der Waals surface area (Å²) in [5.41, 5.74) is 1.53. The fraction of sp³-hybridized carbons (Fsp3) is 0.300. The number of nitrogens with zero attached hydrogens (tertiary/aromatic N) is 1. The molecule has 1 aromatic rings. The molecule has 0 spiro atoms. The van der Waals surface area contributed by atoms with Crippen molar-refractivity contribution in [1.29, 1.82) is 0 Å². The highest BCUT2D eigenvalue weighted by atomic mass is 35.5. The van der Waals surface area contributed by atoms with Crippen LogP contribution in [0.5, 0.6) is 0 Å². The molecular weight excluding hydrogens is 237 g/mol. The quantitative estimate of drug-likeness (QED) is 0.813. The third kappa shape index (κ3) is 2.09. The van der Waals surface area contributed by atoms with E-state index in [4.69, 9.17) is 28.0 Å². The predicted octanol–water partition coefficient (Wildman–Crippen LogP) is 2.30. The number of rotatable bonds is 2. The van der Waals surface area contributed by atoms with E-state index in [9.17, 15) is 5.11 Å². The van der Waals surface area contributed by atoms with Crippen LogP contribution in [-0.4, -0.2) is 21.4 Å². The van der Waals surface area contributed by atoms with Crippen molar-refractivity contribution in [3.63, 3.8) is 0 Å². The summed E-state index contributed by atoms with van der Waals surface area (Å²) in [6.07, 6.45) is 0.189. The summed E-state index contributed by atoms with van der Waals surface area (Å²) in [6.45, 7) is 0. The van der Waals surface area contributed by atoms with Gasteiger partial charge in [-0.1, -0.05) is 58.7 Å². The third-order valence-electron chi connectivity index (χ3n) is 2.18. The van der Waals surface area contributed by atoms with Gasteiger partial charge in [-0.05, 0) is 5.56 Å². The van der Waals surface area contributed by atoms with Crippen LogP contribution in [0.4, 0.5) is 0 Å². The van der Waals surface area contributed by atoms with Crippen molar-refractivity contribution in [3.8, 4) is 0 Å². The van der Waals surface area contributed by atoms with Crippen LogP contribution in [0.15, 0.2) is 35.5 Å². The number of hydrogen-bond acceptors (Lipinski definition) is 3. The molecule has 0 aromatic heterocycles. The van der Waals surface area contributed by atoms with Crippen molar-refractivity contribution in [2.24, 2.45) is 5.16 Å². The van der Waals surface area contributed by atoms with Gasteiger partial charge in [-0.2, -0.15) is 0 Å². The lowest BCUT2D eigenvalue weighted by atomic mass is 10.0. The molecule has 0 radical (unpaired) electrons. The molecule has 1 aliphatic heterocycles. The van der Waals surface area contributed by atoms with Crippen LogP contribution in [-0.2, 0) is 4.84 Å². The van der Waals surface area contributed by atoms with Crippen LogP contribution in [0.25, 0.3) is 0 Å². The summed E-state index contributed by atoms with van der Waals surface area (Å²) >= 11 is 11.2. The Labute approximate surface area is 97.2 Å². The standard InChI is InChI=1S/C10H9Cl2NO2/c11-9(12)10(14)6-8(13-15-10)7-4-2-1-3-5-7/h1-5,9,14H,6H2. The van der Waals surface area contributed by atoms with Crippen molar-refractivity contribution in [1.82, 2.24) is 0 Å². The average molecular weight is 246 g/mol. The van der Waals surface area contributed by atoms with E-state index in [1.54, 1.807) is 0 Å². The van der Waals surface area contributed by atoms with E-state index < -0.39 is 10.6 Å². The molecule has 1 atom stereocenters. The molecule has 1 heterocycles. The first-order valence-electron chi connectivity index (χ1n) is 4.43. The van der Waals surface area contributed by atoms with Gasteiger partial charge in [0.25, 0.3) is 5.79 Å². The molecule has 2 rings (SSSR count). The minimum absolute atomic E-state index is 0.189. The van der Waals surface area contributed by atoms with E-state index in [0.717, 1.165) is 5.56 Å². The highest BCUT2D eigenvalue weighted by molar-refractivity contribution is 6.45. The fourth-order valence-electron chi connectivity index (χ4n) is 1.34. The summed E-state index contributed by atoms with van der Waals surface area (Å²) in [7, 11) is 0. The van der Waals surface area contributed by atoms with Crippen LogP contribution in [0, 0.1) is 0 Å². The van der Waals surface area contributed by atoms with Crippen molar-refractivity contribution >= 4 is 28.9 Å². The SMILES string of the molecule is OC1(C(Cl)Cl)CC(c2ccccc2)=NO1. The smallest absolute Gasteiger partial charge is 0.270 e. The van der Waals surface area contributed by atoms with E-state index in [1.165, 1.54) is 0 Å². The molecule has 1 unspecified atom stereocenters. The Balaban J connectivity index is 2.17. The Morgan fingerprint density at radius 3 is 2.53 bits per heavy atom. The lowest BCUT2D eigenvalue weighted by Gasteiger charge is -2.20. The van der Waals surface area contributed by atoms with Crippen LogP contribution < -0.4 is 0 Å². The summed E-state index contributed by atoms with van der Waals surface area (Å²) in [5.74, 6) is -1.60. The van der Waals surface area contributed by atoms with Gasteiger partial charge in [0.05, 0.1) is 12.1 Å². The zero-order valence-corrected chi connectivity index (χ0v) is 9.24. The normalized spacial score (nSPS) is 25.2. The molecule has 1 aromatic carbocycles. The minimum Gasteiger partial charge on any atom is -0.357 e. The molecular formula is C10H9Cl2NO2. The maximum Gasteiger partial charge on any atom is 0.270 e. The molecule has 5 heteroatoms. The van der Waals surface area contributed by atoms with Gasteiger partial charge >= 0.3 is 0 Å². The van der Waals surface area contributed by atoms with Crippen molar-refractivity contribution in [3.05, 3.63) is 35.9 Å². The Bertz CT molecular complexity index is 380. The minimum atomic E-state index is -1.60. The van der Waals surface area contributed by atoms with Crippen LogP contribution in [0.2, 0.25) is 0 Å². The summed E-state index contributed by atoms with van der Waals surface area (Å²) in [4.78, 5) is 3.82. The van der Waals surface area contributed by atoms with Gasteiger partial charge in [-0.3, -0.25) is 0 Å². The van der Waals surface area contributed by atoms with E-state index in [0.29, 0.717) is 5.71 Å². The first kappa shape index (κ1) is 10.7. The van der Waals surface area contributed by atoms with Crippen LogP contribution in [0.3, 0.4) is 0 Å². The first-order chi connectivity index (χ1) is 7.12. The second kappa shape index (κ2) is 4.00. The summed E-state index contributed by atoms with van der Waals surface area (Å²) in [6, 6.07) is 9.43. The molecule has 0 amide bonds. The molecule has 0 bridgehead atoms. The predicted molar refractivity (Wildman–Crippen MR) is 59.1 cm³/mol. The zero-order chi connectivity index (χ0) is 10.9. The van der Waals surface area contributed by atoms with Gasteiger partial charge < -0.3 is 9.94 Å². The first-order valence-corrected chi connectivity index (χ1v) is 5.30. The van der Waals surface area contributed by atoms with Gasteiger partial charge in [-0.25, -0.2) is 0 Å². The second-order valence-corrected chi connectivity index (χ2v) is 4.41. The molecule has 1 N–H and O–H groups in total. The van der Waals surface area contributed by atoms with Gasteiger partial charge in [0.2, 0.25) is 0 Å². The van der Waals surface area contributed by atoms with Crippen LogP contribution >= 0.6 is 23.2 Å². The van der Waals surface area contributed by atoms with Gasteiger partial charge in [-0.15, -0.1) is 0 Å². The number of oxime groups is 1. The molecule has 3 nitrogen and oxygen atoms in total. The van der Waals surface area contributed by atoms with E-state index in [1.807, 2.05) is 30.3 Å². The molecule has 0 fully saturated rings. The molecule has 0 aliphatic carbocycles. The van der Waals surface area contributed by atoms with Gasteiger partial charge in [0.1, 0.15) is 0 Å². The summed E-state index contributed by atoms with van der Waals surface area (Å²) in [5, 5.41) is 13.6. The van der Waals surface area contributed by atoms with Crippen LogP contribution in [0.1, 0.15) is 12.0 Å². The second-order valence-electron chi connectivity index (χ2n) is 3.32. The van der Waals surface area contributed by atoms with E-state index in [-0.39, 0.29) is 6.42 Å². The largest absolute Gasteiger partial charge is 0.357 e. The summed E-state index contributed by atoms with van der Waals surface area (Å²) < 4.78 is 0. The Kier molecular flexibility index (Phi) is 2.87. The number of hydrogen-bond donors (Lipinski definition) is 1. The highest BCUT2D eigenvalue weighted by Gasteiger charge is 2.43. The topological polar surface area (TPSA) is 41.8 Å². The molecule has 1 aliphatic rings. The van der Waals surface area contributed by atoms with Crippen molar-refractivity contribution in [2.45, 2.75) is 17.0 Å². The monoisotopic (exact) mass is 245 g/mol. The lowest BCUT2D eigenvalue weighted by Crippen LogP contribution is -2.36. The molecule has 15 heavy (non-hydrogen) atoms. The number of aliphatic hydroxyl groups is 1. The van der Waals surface area contributed by atoms with E-state index in [2.05, 4.69) is 5.16 Å². The molecule has 80 valence electrons. The Morgan fingerprint density at radius 1 is 1.33 bits per heavy atom. The average Bonchev–Trinajstić information content (AvgIpc) is 2.64. The fourth-order valence-corrected chi connectivity index (χ4v) is 1.57. The number of benzene rings is 1. The molecule has 0 saturated carbocycles. The maximum absolute atomic E-state index is 9.80. The van der Waals surface area contributed by atoms with E-state index >= 15 is 0 Å². The van der Waals surface area contributed by atoms with Gasteiger partial charge in [0.15, 0.2) is 4.84 Å². The zero-order valence-electron chi connectivity index (χ0n) is 7.73.